The fourth-order valence-electron chi connectivity index (χ4n) is 3.61. The molecule has 8 nitrogen and oxygen atoms in total. The molecule has 1 atom stereocenters. The van der Waals surface area contributed by atoms with E-state index in [1.807, 2.05) is 13.8 Å². The van der Waals surface area contributed by atoms with Crippen molar-refractivity contribution in [3.05, 3.63) is 57.0 Å². The average molecular weight is 593 g/mol. The lowest BCUT2D eigenvalue weighted by molar-refractivity contribution is -0.140. The Morgan fingerprint density at radius 1 is 1.05 bits per heavy atom. The summed E-state index contributed by atoms with van der Waals surface area (Å²) in [6.45, 7) is 5.60. The van der Waals surface area contributed by atoms with Gasteiger partial charge in [0.15, 0.2) is 0 Å². The SMILES string of the molecule is CC[C@@H](C(=O)NCC(C)C)N(Cc1cccc(OC)c1)C(=O)CN(c1cc(Cl)c(Cl)cc1Cl)S(C)(=O)=O. The van der Waals surface area contributed by atoms with Gasteiger partial charge in [-0.3, -0.25) is 13.9 Å². The number of sulfonamides is 1. The van der Waals surface area contributed by atoms with Crippen LogP contribution in [0.15, 0.2) is 36.4 Å². The first-order valence-electron chi connectivity index (χ1n) is 11.6. The highest BCUT2D eigenvalue weighted by atomic mass is 35.5. The molecule has 2 aromatic rings. The van der Waals surface area contributed by atoms with E-state index in [0.717, 1.165) is 10.6 Å². The second-order valence-corrected chi connectivity index (χ2v) is 12.1. The average Bonchev–Trinajstić information content (AvgIpc) is 2.82. The molecule has 0 spiro atoms. The number of methoxy groups -OCH3 is 1. The van der Waals surface area contributed by atoms with Gasteiger partial charge in [-0.25, -0.2) is 8.42 Å². The largest absolute Gasteiger partial charge is 0.497 e. The highest BCUT2D eigenvalue weighted by molar-refractivity contribution is 7.92. The van der Waals surface area contributed by atoms with Crippen molar-refractivity contribution >= 4 is 62.3 Å². The van der Waals surface area contributed by atoms with Crippen LogP contribution in [-0.4, -0.2) is 57.6 Å². The van der Waals surface area contributed by atoms with Crippen LogP contribution in [0.4, 0.5) is 5.69 Å². The lowest BCUT2D eigenvalue weighted by Crippen LogP contribution is -2.52. The predicted octanol–water partition coefficient (Wildman–Crippen LogP) is 5.00. The quantitative estimate of drug-likeness (QED) is 0.350. The highest BCUT2D eigenvalue weighted by Gasteiger charge is 2.32. The minimum atomic E-state index is -3.98. The molecule has 2 rings (SSSR count). The molecular weight excluding hydrogens is 561 g/mol. The summed E-state index contributed by atoms with van der Waals surface area (Å²) in [5.41, 5.74) is 0.715. The third-order valence-corrected chi connectivity index (χ3v) is 7.65. The molecule has 0 fully saturated rings. The summed E-state index contributed by atoms with van der Waals surface area (Å²) in [5, 5.41) is 3.10. The highest BCUT2D eigenvalue weighted by Crippen LogP contribution is 2.35. The predicted molar refractivity (Wildman–Crippen MR) is 149 cm³/mol. The molecular formula is C25H32Cl3N3O5S. The van der Waals surface area contributed by atoms with Crippen LogP contribution in [0.5, 0.6) is 5.75 Å². The van der Waals surface area contributed by atoms with Crippen LogP contribution in [0, 0.1) is 5.92 Å². The Morgan fingerprint density at radius 3 is 2.27 bits per heavy atom. The number of anilines is 1. The normalized spacial score (nSPS) is 12.2. The van der Waals surface area contributed by atoms with Crippen LogP contribution in [0.25, 0.3) is 0 Å². The number of ether oxygens (including phenoxy) is 1. The Morgan fingerprint density at radius 2 is 1.70 bits per heavy atom. The topological polar surface area (TPSA) is 96.0 Å². The number of nitrogens with one attached hydrogen (secondary N) is 1. The van der Waals surface area contributed by atoms with E-state index in [1.54, 1.807) is 31.2 Å². The van der Waals surface area contributed by atoms with Crippen LogP contribution in [-0.2, 0) is 26.2 Å². The number of hydrogen-bond acceptors (Lipinski definition) is 5. The van der Waals surface area contributed by atoms with Crippen LogP contribution < -0.4 is 14.4 Å². The van der Waals surface area contributed by atoms with Gasteiger partial charge in [0.2, 0.25) is 21.8 Å². The fourth-order valence-corrected chi connectivity index (χ4v) is 5.15. The standard InChI is InChI=1S/C25H32Cl3N3O5S/c1-6-22(25(33)29-13-16(2)3)30(14-17-8-7-9-18(10-17)36-4)24(32)15-31(37(5,34)35)23-12-20(27)19(26)11-21(23)28/h7-12,16,22H,6,13-15H2,1-5H3,(H,29,33)/t22-/m0/s1. The second-order valence-electron chi connectivity index (χ2n) is 8.92. The maximum Gasteiger partial charge on any atom is 0.244 e. The molecule has 0 radical (unpaired) electrons. The van der Waals surface area contributed by atoms with Gasteiger partial charge in [-0.05, 0) is 42.2 Å². The number of nitrogens with zero attached hydrogens (tertiary/aromatic N) is 2. The lowest BCUT2D eigenvalue weighted by atomic mass is 10.1. The Labute approximate surface area is 233 Å². The molecule has 0 saturated carbocycles. The van der Waals surface area contributed by atoms with Gasteiger partial charge >= 0.3 is 0 Å². The molecule has 204 valence electrons. The summed E-state index contributed by atoms with van der Waals surface area (Å²) >= 11 is 18.4. The molecule has 37 heavy (non-hydrogen) atoms. The van der Waals surface area contributed by atoms with Crippen LogP contribution in [0.1, 0.15) is 32.8 Å². The Bertz CT molecular complexity index is 1220. The van der Waals surface area contributed by atoms with E-state index in [1.165, 1.54) is 24.1 Å². The third-order valence-electron chi connectivity index (χ3n) is 5.50. The maximum atomic E-state index is 13.7. The molecule has 0 aliphatic carbocycles. The molecule has 0 saturated heterocycles. The molecule has 0 aliphatic rings. The van der Waals surface area contributed by atoms with Crippen molar-refractivity contribution in [2.75, 3.05) is 30.8 Å². The van der Waals surface area contributed by atoms with Crippen molar-refractivity contribution in [1.82, 2.24) is 10.2 Å². The van der Waals surface area contributed by atoms with Crippen LogP contribution >= 0.6 is 34.8 Å². The van der Waals surface area contributed by atoms with E-state index < -0.39 is 28.5 Å². The van der Waals surface area contributed by atoms with Crippen molar-refractivity contribution in [3.63, 3.8) is 0 Å². The molecule has 0 bridgehead atoms. The fraction of sp³-hybridized carbons (Fsp3) is 0.440. The van der Waals surface area contributed by atoms with E-state index >= 15 is 0 Å². The minimum Gasteiger partial charge on any atom is -0.497 e. The van der Waals surface area contributed by atoms with E-state index in [4.69, 9.17) is 39.5 Å². The maximum absolute atomic E-state index is 13.7. The summed E-state index contributed by atoms with van der Waals surface area (Å²) in [5.74, 6) is -0.128. The zero-order chi connectivity index (χ0) is 27.9. The zero-order valence-electron chi connectivity index (χ0n) is 21.4. The van der Waals surface area contributed by atoms with Crippen molar-refractivity contribution in [2.24, 2.45) is 5.92 Å². The molecule has 2 amide bonds. The van der Waals surface area contributed by atoms with Crippen molar-refractivity contribution in [1.29, 1.82) is 0 Å². The smallest absolute Gasteiger partial charge is 0.244 e. The van der Waals surface area contributed by atoms with Crippen molar-refractivity contribution in [2.45, 2.75) is 39.8 Å². The third kappa shape index (κ3) is 8.67. The summed E-state index contributed by atoms with van der Waals surface area (Å²) in [6.07, 6.45) is 1.27. The molecule has 0 aliphatic heterocycles. The second kappa shape index (κ2) is 13.6. The number of hydrogen-bond donors (Lipinski definition) is 1. The molecule has 0 aromatic heterocycles. The first-order chi connectivity index (χ1) is 17.3. The Hall–Kier alpha value is -2.20. The molecule has 0 heterocycles. The van der Waals surface area contributed by atoms with Gasteiger partial charge < -0.3 is 15.0 Å². The Balaban J connectivity index is 2.50. The van der Waals surface area contributed by atoms with Gasteiger partial charge in [0, 0.05) is 13.1 Å². The number of carbonyl (C=O) groups is 2. The number of benzene rings is 2. The monoisotopic (exact) mass is 591 g/mol. The lowest BCUT2D eigenvalue weighted by Gasteiger charge is -2.33. The number of carbonyl (C=O) groups excluding carboxylic acids is 2. The first-order valence-corrected chi connectivity index (χ1v) is 14.6. The summed E-state index contributed by atoms with van der Waals surface area (Å²) < 4.78 is 31.7. The van der Waals surface area contributed by atoms with E-state index in [9.17, 15) is 18.0 Å². The van der Waals surface area contributed by atoms with Crippen LogP contribution in [0.3, 0.4) is 0 Å². The van der Waals surface area contributed by atoms with Gasteiger partial charge in [-0.15, -0.1) is 0 Å². The van der Waals surface area contributed by atoms with Gasteiger partial charge in [-0.1, -0.05) is 67.7 Å². The van der Waals surface area contributed by atoms with Gasteiger partial charge in [0.25, 0.3) is 0 Å². The molecule has 2 aromatic carbocycles. The number of amides is 2. The minimum absolute atomic E-state index is 0.00514. The molecule has 1 N–H and O–H groups in total. The van der Waals surface area contributed by atoms with Crippen molar-refractivity contribution in [3.8, 4) is 5.75 Å². The van der Waals surface area contributed by atoms with Gasteiger partial charge in [0.1, 0.15) is 18.3 Å². The van der Waals surface area contributed by atoms with Crippen LogP contribution in [0.2, 0.25) is 15.1 Å². The number of rotatable bonds is 12. The van der Waals surface area contributed by atoms with E-state index in [0.29, 0.717) is 24.3 Å². The zero-order valence-corrected chi connectivity index (χ0v) is 24.5. The Kier molecular flexibility index (Phi) is 11.4. The van der Waals surface area contributed by atoms with Crippen molar-refractivity contribution < 1.29 is 22.7 Å². The molecule has 12 heteroatoms. The first kappa shape index (κ1) is 31.0. The molecule has 0 unspecified atom stereocenters. The van der Waals surface area contributed by atoms with Gasteiger partial charge in [-0.2, -0.15) is 0 Å². The number of halogens is 3. The summed E-state index contributed by atoms with van der Waals surface area (Å²) in [6, 6.07) is 8.85. The van der Waals surface area contributed by atoms with E-state index in [-0.39, 0.29) is 39.1 Å². The van der Waals surface area contributed by atoms with Gasteiger partial charge in [0.05, 0.1) is 34.1 Å². The van der Waals surface area contributed by atoms with E-state index in [2.05, 4.69) is 5.32 Å². The summed E-state index contributed by atoms with van der Waals surface area (Å²) in [4.78, 5) is 28.2. The summed E-state index contributed by atoms with van der Waals surface area (Å²) in [7, 11) is -2.45.